The standard InChI is InChI=1S/C19H18ClFN2O2/c20-15-3-1-13(2-4-15)9-10-22-19(25)14-11-18(24)23(12-14)17-7-5-16(21)6-8-17/h1-8,14H,9-12H2,(H,22,25). The molecule has 0 radical (unpaired) electrons. The van der Waals surface area contributed by atoms with E-state index >= 15 is 0 Å². The zero-order valence-corrected chi connectivity index (χ0v) is 14.3. The van der Waals surface area contributed by atoms with E-state index in [0.29, 0.717) is 30.2 Å². The zero-order chi connectivity index (χ0) is 17.8. The normalized spacial score (nSPS) is 17.0. The van der Waals surface area contributed by atoms with Gasteiger partial charge in [-0.05, 0) is 48.4 Å². The molecule has 2 aromatic rings. The van der Waals surface area contributed by atoms with Crippen molar-refractivity contribution in [3.05, 3.63) is 64.9 Å². The number of anilines is 1. The number of nitrogens with one attached hydrogen (secondary N) is 1. The molecule has 0 spiro atoms. The van der Waals surface area contributed by atoms with Crippen LogP contribution in [0.25, 0.3) is 0 Å². The number of benzene rings is 2. The topological polar surface area (TPSA) is 49.4 Å². The van der Waals surface area contributed by atoms with E-state index < -0.39 is 0 Å². The van der Waals surface area contributed by atoms with Crippen molar-refractivity contribution in [1.82, 2.24) is 5.32 Å². The van der Waals surface area contributed by atoms with Crippen molar-refractivity contribution >= 4 is 29.1 Å². The molecule has 25 heavy (non-hydrogen) atoms. The lowest BCUT2D eigenvalue weighted by Crippen LogP contribution is -2.34. The van der Waals surface area contributed by atoms with Gasteiger partial charge in [0.05, 0.1) is 5.92 Å². The van der Waals surface area contributed by atoms with Crippen LogP contribution in [0, 0.1) is 11.7 Å². The van der Waals surface area contributed by atoms with Crippen LogP contribution in [0.3, 0.4) is 0 Å². The molecule has 1 aliphatic rings. The Hall–Kier alpha value is -2.40. The van der Waals surface area contributed by atoms with Gasteiger partial charge in [0.15, 0.2) is 0 Å². The Balaban J connectivity index is 1.52. The van der Waals surface area contributed by atoms with Crippen LogP contribution in [0.4, 0.5) is 10.1 Å². The fourth-order valence-corrected chi connectivity index (χ4v) is 3.01. The van der Waals surface area contributed by atoms with Crippen molar-refractivity contribution < 1.29 is 14.0 Å². The third kappa shape index (κ3) is 4.37. The van der Waals surface area contributed by atoms with Gasteiger partial charge in [-0.2, -0.15) is 0 Å². The van der Waals surface area contributed by atoms with E-state index in [0.717, 1.165) is 5.56 Å². The van der Waals surface area contributed by atoms with Crippen LogP contribution in [0.1, 0.15) is 12.0 Å². The van der Waals surface area contributed by atoms with Crippen molar-refractivity contribution in [2.75, 3.05) is 18.0 Å². The van der Waals surface area contributed by atoms with Gasteiger partial charge in [0.2, 0.25) is 11.8 Å². The Bertz CT molecular complexity index is 762. The highest BCUT2D eigenvalue weighted by Gasteiger charge is 2.34. The second-order valence-electron chi connectivity index (χ2n) is 6.05. The molecule has 2 aromatic carbocycles. The first-order valence-corrected chi connectivity index (χ1v) is 8.49. The molecule has 0 saturated carbocycles. The largest absolute Gasteiger partial charge is 0.355 e. The highest BCUT2D eigenvalue weighted by Crippen LogP contribution is 2.25. The van der Waals surface area contributed by atoms with E-state index in [1.807, 2.05) is 24.3 Å². The van der Waals surface area contributed by atoms with Gasteiger partial charge in [0.25, 0.3) is 0 Å². The van der Waals surface area contributed by atoms with Gasteiger partial charge >= 0.3 is 0 Å². The zero-order valence-electron chi connectivity index (χ0n) is 13.5. The van der Waals surface area contributed by atoms with E-state index in [9.17, 15) is 14.0 Å². The van der Waals surface area contributed by atoms with Crippen LogP contribution >= 0.6 is 11.6 Å². The highest BCUT2D eigenvalue weighted by atomic mass is 35.5. The van der Waals surface area contributed by atoms with E-state index in [1.54, 1.807) is 12.1 Å². The van der Waals surface area contributed by atoms with Gasteiger partial charge in [0.1, 0.15) is 5.82 Å². The quantitative estimate of drug-likeness (QED) is 0.890. The Morgan fingerprint density at radius 2 is 1.84 bits per heavy atom. The van der Waals surface area contributed by atoms with Gasteiger partial charge in [-0.15, -0.1) is 0 Å². The maximum absolute atomic E-state index is 13.0. The predicted octanol–water partition coefficient (Wildman–Crippen LogP) is 3.19. The van der Waals surface area contributed by atoms with Gasteiger partial charge in [-0.25, -0.2) is 4.39 Å². The smallest absolute Gasteiger partial charge is 0.227 e. The number of hydrogen-bond acceptors (Lipinski definition) is 2. The lowest BCUT2D eigenvalue weighted by Gasteiger charge is -2.16. The molecule has 3 rings (SSSR count). The summed E-state index contributed by atoms with van der Waals surface area (Å²) in [5.41, 5.74) is 1.70. The second kappa shape index (κ2) is 7.66. The predicted molar refractivity (Wildman–Crippen MR) is 95.0 cm³/mol. The number of rotatable bonds is 5. The van der Waals surface area contributed by atoms with Crippen LogP contribution in [0.5, 0.6) is 0 Å². The molecule has 1 fully saturated rings. The van der Waals surface area contributed by atoms with Crippen molar-refractivity contribution in [3.8, 4) is 0 Å². The number of nitrogens with zero attached hydrogens (tertiary/aromatic N) is 1. The van der Waals surface area contributed by atoms with E-state index in [1.165, 1.54) is 17.0 Å². The van der Waals surface area contributed by atoms with Crippen molar-refractivity contribution in [2.45, 2.75) is 12.8 Å². The first-order chi connectivity index (χ1) is 12.0. The molecule has 1 saturated heterocycles. The molecular formula is C19H18ClFN2O2. The van der Waals surface area contributed by atoms with Crippen LogP contribution < -0.4 is 10.2 Å². The number of carbonyl (C=O) groups is 2. The Morgan fingerprint density at radius 1 is 1.16 bits per heavy atom. The van der Waals surface area contributed by atoms with Gasteiger partial charge in [0, 0.05) is 30.2 Å². The molecule has 6 heteroatoms. The maximum Gasteiger partial charge on any atom is 0.227 e. The van der Waals surface area contributed by atoms with Gasteiger partial charge < -0.3 is 10.2 Å². The summed E-state index contributed by atoms with van der Waals surface area (Å²) in [6.45, 7) is 0.818. The number of hydrogen-bond donors (Lipinski definition) is 1. The minimum Gasteiger partial charge on any atom is -0.355 e. The summed E-state index contributed by atoms with van der Waals surface area (Å²) in [5, 5.41) is 3.56. The van der Waals surface area contributed by atoms with Crippen LogP contribution in [-0.4, -0.2) is 24.9 Å². The summed E-state index contributed by atoms with van der Waals surface area (Å²) in [7, 11) is 0. The molecule has 130 valence electrons. The third-order valence-corrected chi connectivity index (χ3v) is 4.51. The lowest BCUT2D eigenvalue weighted by atomic mass is 10.1. The fourth-order valence-electron chi connectivity index (χ4n) is 2.88. The third-order valence-electron chi connectivity index (χ3n) is 4.26. The summed E-state index contributed by atoms with van der Waals surface area (Å²) in [6, 6.07) is 13.2. The lowest BCUT2D eigenvalue weighted by molar-refractivity contribution is -0.126. The minimum atomic E-state index is -0.386. The first-order valence-electron chi connectivity index (χ1n) is 8.11. The van der Waals surface area contributed by atoms with Crippen molar-refractivity contribution in [2.24, 2.45) is 5.92 Å². The Kier molecular flexibility index (Phi) is 5.34. The molecule has 0 bridgehead atoms. The molecule has 4 nitrogen and oxygen atoms in total. The van der Waals surface area contributed by atoms with Crippen LogP contribution in [0.15, 0.2) is 48.5 Å². The summed E-state index contributed by atoms with van der Waals surface area (Å²) in [6.07, 6.45) is 0.870. The van der Waals surface area contributed by atoms with Gasteiger partial charge in [-0.1, -0.05) is 23.7 Å². The SMILES string of the molecule is O=C(NCCc1ccc(Cl)cc1)C1CC(=O)N(c2ccc(F)cc2)C1. The first kappa shape index (κ1) is 17.4. The average molecular weight is 361 g/mol. The van der Waals surface area contributed by atoms with E-state index in [-0.39, 0.29) is 30.0 Å². The fraction of sp³-hybridized carbons (Fsp3) is 0.263. The molecule has 0 aromatic heterocycles. The molecule has 1 heterocycles. The van der Waals surface area contributed by atoms with Crippen LogP contribution in [0.2, 0.25) is 5.02 Å². The average Bonchev–Trinajstić information content (AvgIpc) is 2.99. The summed E-state index contributed by atoms with van der Waals surface area (Å²) < 4.78 is 13.0. The number of carbonyl (C=O) groups excluding carboxylic acids is 2. The summed E-state index contributed by atoms with van der Waals surface area (Å²) in [5.74, 6) is -0.994. The van der Waals surface area contributed by atoms with Crippen molar-refractivity contribution in [1.29, 1.82) is 0 Å². The Labute approximate surface area is 150 Å². The van der Waals surface area contributed by atoms with E-state index in [2.05, 4.69) is 5.32 Å². The monoisotopic (exact) mass is 360 g/mol. The summed E-state index contributed by atoms with van der Waals surface area (Å²) in [4.78, 5) is 26.0. The molecule has 1 N–H and O–H groups in total. The number of halogens is 2. The minimum absolute atomic E-state index is 0.121. The molecule has 1 unspecified atom stereocenters. The second-order valence-corrected chi connectivity index (χ2v) is 6.49. The molecule has 1 atom stereocenters. The van der Waals surface area contributed by atoms with Crippen molar-refractivity contribution in [3.63, 3.8) is 0 Å². The van der Waals surface area contributed by atoms with Crippen LogP contribution in [-0.2, 0) is 16.0 Å². The Morgan fingerprint density at radius 3 is 2.52 bits per heavy atom. The maximum atomic E-state index is 13.0. The molecular weight excluding hydrogens is 343 g/mol. The highest BCUT2D eigenvalue weighted by molar-refractivity contribution is 6.30. The summed E-state index contributed by atoms with van der Waals surface area (Å²) >= 11 is 5.84. The molecule has 1 aliphatic heterocycles. The van der Waals surface area contributed by atoms with E-state index in [4.69, 9.17) is 11.6 Å². The molecule has 2 amide bonds. The molecule has 0 aliphatic carbocycles. The van der Waals surface area contributed by atoms with Gasteiger partial charge in [-0.3, -0.25) is 9.59 Å². The number of amides is 2.